The molecule has 4 nitrogen and oxygen atoms in total. The molecule has 2 aliphatic carbocycles. The fourth-order valence-corrected chi connectivity index (χ4v) is 4.94. The predicted molar refractivity (Wildman–Crippen MR) is 103 cm³/mol. The molecule has 0 saturated heterocycles. The molecule has 2 saturated carbocycles. The van der Waals surface area contributed by atoms with E-state index in [0.29, 0.717) is 17.4 Å². The summed E-state index contributed by atoms with van der Waals surface area (Å²) in [6.07, 6.45) is 10.9. The third kappa shape index (κ3) is 2.55. The number of carbonyl (C=O) groups excluding carboxylic acids is 1. The minimum atomic E-state index is -0.232. The third-order valence-electron chi connectivity index (χ3n) is 6.19. The lowest BCUT2D eigenvalue weighted by Crippen LogP contribution is -2.26. The molecule has 2 heterocycles. The van der Waals surface area contributed by atoms with Crippen molar-refractivity contribution in [2.75, 3.05) is 0 Å². The largest absolute Gasteiger partial charge is 0.327 e. The molecule has 0 unspecified atom stereocenters. The van der Waals surface area contributed by atoms with Crippen LogP contribution in [-0.2, 0) is 11.3 Å². The Morgan fingerprint density at radius 1 is 1.23 bits per heavy atom. The number of fused-ring (bicyclic) bond motifs is 4. The fraction of sp³-hybridized carbons (Fsp3) is 0.381. The first kappa shape index (κ1) is 16.0. The van der Waals surface area contributed by atoms with Crippen molar-refractivity contribution in [2.24, 2.45) is 21.3 Å². The lowest BCUT2D eigenvalue weighted by molar-refractivity contribution is -0.126. The second-order valence-electron chi connectivity index (χ2n) is 7.77. The van der Waals surface area contributed by atoms with Gasteiger partial charge in [0.15, 0.2) is 5.84 Å². The fourth-order valence-electron chi connectivity index (χ4n) is 4.76. The summed E-state index contributed by atoms with van der Waals surface area (Å²) in [4.78, 5) is 24.4. The van der Waals surface area contributed by atoms with E-state index in [4.69, 9.17) is 16.6 Å². The number of amides is 1. The van der Waals surface area contributed by atoms with Crippen LogP contribution in [0, 0.1) is 11.3 Å². The normalized spacial score (nSPS) is 30.6. The number of aliphatic imine (C=N–C) groups is 2. The maximum Gasteiger partial charge on any atom is 0.253 e. The second-order valence-corrected chi connectivity index (χ2v) is 8.21. The number of carbonyl (C=O) groups is 1. The van der Waals surface area contributed by atoms with E-state index in [0.717, 1.165) is 42.1 Å². The van der Waals surface area contributed by atoms with Gasteiger partial charge in [-0.15, -0.1) is 0 Å². The molecule has 0 atom stereocenters. The SMILES string of the molecule is O=C(N=C1N=C2C=CC(Cl)=CN2Cc2ccccc21)C12CCC(CC1)C2. The van der Waals surface area contributed by atoms with E-state index in [1.165, 1.54) is 12.8 Å². The van der Waals surface area contributed by atoms with Crippen LogP contribution in [0.5, 0.6) is 0 Å². The summed E-state index contributed by atoms with van der Waals surface area (Å²) in [6, 6.07) is 8.04. The van der Waals surface area contributed by atoms with E-state index in [9.17, 15) is 4.79 Å². The summed E-state index contributed by atoms with van der Waals surface area (Å²) < 4.78 is 0. The maximum atomic E-state index is 13.1. The van der Waals surface area contributed by atoms with Crippen LogP contribution < -0.4 is 0 Å². The third-order valence-corrected chi connectivity index (χ3v) is 6.41. The molecule has 0 radical (unpaired) electrons. The van der Waals surface area contributed by atoms with Gasteiger partial charge in [-0.25, -0.2) is 4.99 Å². The van der Waals surface area contributed by atoms with Crippen molar-refractivity contribution in [3.05, 3.63) is 58.8 Å². The zero-order chi connectivity index (χ0) is 17.7. The summed E-state index contributed by atoms with van der Waals surface area (Å²) in [6.45, 7) is 0.663. The summed E-state index contributed by atoms with van der Waals surface area (Å²) in [7, 11) is 0. The van der Waals surface area contributed by atoms with Crippen LogP contribution in [-0.4, -0.2) is 22.5 Å². The zero-order valence-corrected chi connectivity index (χ0v) is 15.2. The van der Waals surface area contributed by atoms with Gasteiger partial charge in [0.25, 0.3) is 5.91 Å². The first-order chi connectivity index (χ1) is 12.6. The van der Waals surface area contributed by atoms with E-state index in [2.05, 4.69) is 11.1 Å². The van der Waals surface area contributed by atoms with Crippen LogP contribution >= 0.6 is 11.6 Å². The van der Waals surface area contributed by atoms with Gasteiger partial charge in [0.2, 0.25) is 0 Å². The predicted octanol–water partition coefficient (Wildman–Crippen LogP) is 4.40. The number of allylic oxidation sites excluding steroid dienone is 2. The van der Waals surface area contributed by atoms with E-state index in [-0.39, 0.29) is 11.3 Å². The van der Waals surface area contributed by atoms with Crippen LogP contribution in [0.15, 0.2) is 57.6 Å². The lowest BCUT2D eigenvalue weighted by Gasteiger charge is -2.22. The standard InChI is InChI=1S/C21H20ClN3O/c22-16-5-6-18-23-19(17-4-2-1-3-15(17)12-25(18)13-16)24-20(26)21-9-7-14(11-21)8-10-21/h1-6,13-14H,7-12H2. The van der Waals surface area contributed by atoms with Crippen LogP contribution in [0.1, 0.15) is 43.2 Å². The number of nitrogens with zero attached hydrogens (tertiary/aromatic N) is 3. The first-order valence-electron chi connectivity index (χ1n) is 9.25. The second kappa shape index (κ2) is 5.92. The molecule has 1 aromatic carbocycles. The number of hydrogen-bond donors (Lipinski definition) is 0. The van der Waals surface area contributed by atoms with Crippen LogP contribution in [0.2, 0.25) is 0 Å². The van der Waals surface area contributed by atoms with Crippen LogP contribution in [0.3, 0.4) is 0 Å². The topological polar surface area (TPSA) is 45.0 Å². The summed E-state index contributed by atoms with van der Waals surface area (Å²) in [5.41, 5.74) is 1.80. The van der Waals surface area contributed by atoms with Gasteiger partial charge in [0, 0.05) is 18.3 Å². The molecule has 0 spiro atoms. The molecule has 26 heavy (non-hydrogen) atoms. The van der Waals surface area contributed by atoms with Gasteiger partial charge in [-0.2, -0.15) is 4.99 Å². The highest BCUT2D eigenvalue weighted by atomic mass is 35.5. The molecule has 1 amide bonds. The van der Waals surface area contributed by atoms with Gasteiger partial charge in [-0.05, 0) is 55.7 Å². The quantitative estimate of drug-likeness (QED) is 0.740. The van der Waals surface area contributed by atoms with Crippen molar-refractivity contribution in [3.63, 3.8) is 0 Å². The monoisotopic (exact) mass is 365 g/mol. The highest BCUT2D eigenvalue weighted by Crippen LogP contribution is 2.54. The minimum Gasteiger partial charge on any atom is -0.327 e. The number of amidine groups is 2. The average Bonchev–Trinajstić information content (AvgIpc) is 3.22. The van der Waals surface area contributed by atoms with E-state index >= 15 is 0 Å². The van der Waals surface area contributed by atoms with Gasteiger partial charge < -0.3 is 4.90 Å². The number of halogens is 1. The van der Waals surface area contributed by atoms with E-state index in [1.54, 1.807) is 0 Å². The molecule has 5 rings (SSSR count). The summed E-state index contributed by atoms with van der Waals surface area (Å²) >= 11 is 6.16. The van der Waals surface area contributed by atoms with Crippen molar-refractivity contribution >= 4 is 29.2 Å². The van der Waals surface area contributed by atoms with Gasteiger partial charge in [-0.3, -0.25) is 4.79 Å². The molecule has 5 heteroatoms. The Labute approximate surface area is 158 Å². The van der Waals surface area contributed by atoms with Crippen molar-refractivity contribution < 1.29 is 4.79 Å². The highest BCUT2D eigenvalue weighted by Gasteiger charge is 2.50. The van der Waals surface area contributed by atoms with Crippen molar-refractivity contribution in [2.45, 2.75) is 38.6 Å². The smallest absolute Gasteiger partial charge is 0.253 e. The average molecular weight is 366 g/mol. The Morgan fingerprint density at radius 2 is 2.04 bits per heavy atom. The van der Waals surface area contributed by atoms with Crippen molar-refractivity contribution in [1.82, 2.24) is 4.90 Å². The molecule has 0 aromatic heterocycles. The Balaban J connectivity index is 1.59. The van der Waals surface area contributed by atoms with Gasteiger partial charge >= 0.3 is 0 Å². The van der Waals surface area contributed by atoms with Crippen LogP contribution in [0.25, 0.3) is 0 Å². The Morgan fingerprint density at radius 3 is 2.81 bits per heavy atom. The number of benzene rings is 1. The van der Waals surface area contributed by atoms with E-state index < -0.39 is 0 Å². The Hall–Kier alpha value is -2.20. The number of hydrogen-bond acceptors (Lipinski definition) is 2. The summed E-state index contributed by atoms with van der Waals surface area (Å²) in [5.74, 6) is 2.04. The molecule has 1 aromatic rings. The van der Waals surface area contributed by atoms with Crippen molar-refractivity contribution in [3.8, 4) is 0 Å². The molecule has 2 aliphatic heterocycles. The first-order valence-corrected chi connectivity index (χ1v) is 9.63. The van der Waals surface area contributed by atoms with Gasteiger partial charge in [0.1, 0.15) is 5.84 Å². The molecular formula is C21H20ClN3O. The van der Waals surface area contributed by atoms with Gasteiger partial charge in [0.05, 0.1) is 10.4 Å². The van der Waals surface area contributed by atoms with E-state index in [1.807, 2.05) is 41.5 Å². The Bertz CT molecular complexity index is 904. The molecule has 4 aliphatic rings. The Kier molecular flexibility index (Phi) is 3.64. The highest BCUT2D eigenvalue weighted by molar-refractivity contribution is 6.32. The van der Waals surface area contributed by atoms with Crippen molar-refractivity contribution in [1.29, 1.82) is 0 Å². The lowest BCUT2D eigenvalue weighted by atomic mass is 9.83. The number of rotatable bonds is 1. The molecular weight excluding hydrogens is 346 g/mol. The molecule has 2 fully saturated rings. The van der Waals surface area contributed by atoms with Gasteiger partial charge in [-0.1, -0.05) is 35.9 Å². The molecule has 2 bridgehead atoms. The minimum absolute atomic E-state index is 0.0217. The maximum absolute atomic E-state index is 13.1. The molecule has 132 valence electrons. The van der Waals surface area contributed by atoms with Crippen LogP contribution in [0.4, 0.5) is 0 Å². The zero-order valence-electron chi connectivity index (χ0n) is 14.5. The summed E-state index contributed by atoms with van der Waals surface area (Å²) in [5, 5.41) is 0.666. The molecule has 0 N–H and O–H groups in total.